The van der Waals surface area contributed by atoms with Crippen LogP contribution in [0.25, 0.3) is 0 Å². The van der Waals surface area contributed by atoms with Crippen LogP contribution in [0.5, 0.6) is 0 Å². The SMILES string of the molecule is CC(C)c1nc(NN)cc(NCc2ccccc2F)n1. The predicted molar refractivity (Wildman–Crippen MR) is 77.7 cm³/mol. The minimum absolute atomic E-state index is 0.178. The van der Waals surface area contributed by atoms with Gasteiger partial charge in [0.05, 0.1) is 0 Å². The number of hydrogen-bond acceptors (Lipinski definition) is 5. The van der Waals surface area contributed by atoms with Gasteiger partial charge in [-0.1, -0.05) is 32.0 Å². The fourth-order valence-corrected chi connectivity index (χ4v) is 1.72. The molecule has 0 aliphatic rings. The standard InChI is InChI=1S/C14H18FN5/c1-9(2)14-18-12(7-13(19-14)20-16)17-8-10-5-3-4-6-11(10)15/h3-7,9H,8,16H2,1-2H3,(H2,17,18,19,20). The van der Waals surface area contributed by atoms with Gasteiger partial charge in [-0.15, -0.1) is 0 Å². The number of benzene rings is 1. The van der Waals surface area contributed by atoms with Gasteiger partial charge in [0.25, 0.3) is 0 Å². The van der Waals surface area contributed by atoms with Crippen molar-refractivity contribution in [2.45, 2.75) is 26.3 Å². The summed E-state index contributed by atoms with van der Waals surface area (Å²) >= 11 is 0. The van der Waals surface area contributed by atoms with E-state index in [0.29, 0.717) is 29.6 Å². The first-order valence-electron chi connectivity index (χ1n) is 6.43. The van der Waals surface area contributed by atoms with E-state index in [0.717, 1.165) is 0 Å². The normalized spacial score (nSPS) is 10.7. The van der Waals surface area contributed by atoms with Gasteiger partial charge in [0, 0.05) is 24.1 Å². The highest BCUT2D eigenvalue weighted by molar-refractivity contribution is 5.47. The van der Waals surface area contributed by atoms with Crippen molar-refractivity contribution in [3.63, 3.8) is 0 Å². The second-order valence-electron chi connectivity index (χ2n) is 4.74. The molecule has 0 saturated carbocycles. The Morgan fingerprint density at radius 2 is 1.90 bits per heavy atom. The molecule has 2 rings (SSSR count). The Bertz CT molecular complexity index is 586. The van der Waals surface area contributed by atoms with E-state index in [-0.39, 0.29) is 11.7 Å². The summed E-state index contributed by atoms with van der Waals surface area (Å²) < 4.78 is 13.5. The van der Waals surface area contributed by atoms with Crippen molar-refractivity contribution in [3.05, 3.63) is 47.5 Å². The zero-order valence-corrected chi connectivity index (χ0v) is 11.5. The number of hydrogen-bond donors (Lipinski definition) is 3. The summed E-state index contributed by atoms with van der Waals surface area (Å²) in [6.45, 7) is 4.35. The van der Waals surface area contributed by atoms with Gasteiger partial charge in [-0.05, 0) is 6.07 Å². The lowest BCUT2D eigenvalue weighted by Gasteiger charge is -2.11. The number of hydrazine groups is 1. The molecule has 0 atom stereocenters. The Morgan fingerprint density at radius 1 is 1.20 bits per heavy atom. The first kappa shape index (κ1) is 14.2. The minimum Gasteiger partial charge on any atom is -0.366 e. The lowest BCUT2D eigenvalue weighted by Crippen LogP contribution is -2.13. The van der Waals surface area contributed by atoms with Gasteiger partial charge in [0.1, 0.15) is 23.3 Å². The van der Waals surface area contributed by atoms with Crippen molar-refractivity contribution in [2.75, 3.05) is 10.7 Å². The Hall–Kier alpha value is -2.21. The maximum Gasteiger partial charge on any atom is 0.145 e. The molecule has 106 valence electrons. The van der Waals surface area contributed by atoms with Crippen LogP contribution in [0.4, 0.5) is 16.0 Å². The zero-order chi connectivity index (χ0) is 14.5. The number of nitrogens with zero attached hydrogens (tertiary/aromatic N) is 2. The molecule has 20 heavy (non-hydrogen) atoms. The lowest BCUT2D eigenvalue weighted by atomic mass is 10.2. The summed E-state index contributed by atoms with van der Waals surface area (Å²) in [5.74, 6) is 7.14. The van der Waals surface area contributed by atoms with Crippen molar-refractivity contribution in [1.82, 2.24) is 9.97 Å². The van der Waals surface area contributed by atoms with Crippen LogP contribution in [0.15, 0.2) is 30.3 Å². The van der Waals surface area contributed by atoms with E-state index in [9.17, 15) is 4.39 Å². The van der Waals surface area contributed by atoms with Crippen molar-refractivity contribution in [3.8, 4) is 0 Å². The van der Waals surface area contributed by atoms with E-state index in [4.69, 9.17) is 5.84 Å². The van der Waals surface area contributed by atoms with Crippen molar-refractivity contribution in [1.29, 1.82) is 0 Å². The van der Waals surface area contributed by atoms with Gasteiger partial charge in [0.15, 0.2) is 0 Å². The molecule has 1 aromatic heterocycles. The number of rotatable bonds is 5. The van der Waals surface area contributed by atoms with E-state index >= 15 is 0 Å². The maximum absolute atomic E-state index is 13.5. The summed E-state index contributed by atoms with van der Waals surface area (Å²) in [4.78, 5) is 8.65. The van der Waals surface area contributed by atoms with Gasteiger partial charge in [-0.25, -0.2) is 20.2 Å². The van der Waals surface area contributed by atoms with Crippen LogP contribution in [0, 0.1) is 5.82 Å². The van der Waals surface area contributed by atoms with Crippen molar-refractivity contribution < 1.29 is 4.39 Å². The monoisotopic (exact) mass is 275 g/mol. The van der Waals surface area contributed by atoms with Gasteiger partial charge in [-0.3, -0.25) is 0 Å². The molecule has 0 saturated heterocycles. The van der Waals surface area contributed by atoms with Crippen LogP contribution in [0.2, 0.25) is 0 Å². The summed E-state index contributed by atoms with van der Waals surface area (Å²) in [5, 5.41) is 3.09. The molecule has 0 bridgehead atoms. The van der Waals surface area contributed by atoms with E-state index in [1.807, 2.05) is 13.8 Å². The first-order valence-corrected chi connectivity index (χ1v) is 6.43. The molecule has 6 heteroatoms. The van der Waals surface area contributed by atoms with Crippen LogP contribution >= 0.6 is 0 Å². The van der Waals surface area contributed by atoms with Crippen molar-refractivity contribution in [2.24, 2.45) is 5.84 Å². The van der Waals surface area contributed by atoms with Crippen LogP contribution in [0.1, 0.15) is 31.2 Å². The van der Waals surface area contributed by atoms with Crippen LogP contribution in [-0.2, 0) is 6.54 Å². The van der Waals surface area contributed by atoms with Gasteiger partial charge in [-0.2, -0.15) is 0 Å². The molecular weight excluding hydrogens is 257 g/mol. The van der Waals surface area contributed by atoms with Crippen molar-refractivity contribution >= 4 is 11.6 Å². The third kappa shape index (κ3) is 3.42. The number of nitrogens with one attached hydrogen (secondary N) is 2. The van der Waals surface area contributed by atoms with Gasteiger partial charge < -0.3 is 10.7 Å². The quantitative estimate of drug-likeness (QED) is 0.577. The predicted octanol–water partition coefficient (Wildman–Crippen LogP) is 2.64. The first-order chi connectivity index (χ1) is 9.60. The second-order valence-corrected chi connectivity index (χ2v) is 4.74. The Kier molecular flexibility index (Phi) is 4.47. The fraction of sp³-hybridized carbons (Fsp3) is 0.286. The topological polar surface area (TPSA) is 75.9 Å². The smallest absolute Gasteiger partial charge is 0.145 e. The molecule has 1 heterocycles. The minimum atomic E-state index is -0.240. The molecule has 0 amide bonds. The van der Waals surface area contributed by atoms with E-state index in [1.54, 1.807) is 24.3 Å². The molecule has 1 aromatic carbocycles. The molecular formula is C14H18FN5. The van der Waals surface area contributed by atoms with Gasteiger partial charge in [0.2, 0.25) is 0 Å². The van der Waals surface area contributed by atoms with Crippen LogP contribution in [0.3, 0.4) is 0 Å². The molecule has 0 fully saturated rings. The Morgan fingerprint density at radius 3 is 2.55 bits per heavy atom. The Labute approximate surface area is 117 Å². The zero-order valence-electron chi connectivity index (χ0n) is 11.5. The van der Waals surface area contributed by atoms with E-state index < -0.39 is 0 Å². The molecule has 0 spiro atoms. The third-order valence-electron chi connectivity index (χ3n) is 2.83. The summed E-state index contributed by atoms with van der Waals surface area (Å²) in [6, 6.07) is 8.31. The average Bonchev–Trinajstić information content (AvgIpc) is 2.46. The fourth-order valence-electron chi connectivity index (χ4n) is 1.72. The van der Waals surface area contributed by atoms with Crippen LogP contribution in [-0.4, -0.2) is 9.97 Å². The number of halogens is 1. The molecule has 0 aliphatic carbocycles. The highest BCUT2D eigenvalue weighted by Gasteiger charge is 2.08. The number of anilines is 2. The highest BCUT2D eigenvalue weighted by atomic mass is 19.1. The number of nitrogen functional groups attached to an aromatic ring is 1. The third-order valence-corrected chi connectivity index (χ3v) is 2.83. The molecule has 0 radical (unpaired) electrons. The van der Waals surface area contributed by atoms with E-state index in [1.165, 1.54) is 6.07 Å². The van der Waals surface area contributed by atoms with Crippen LogP contribution < -0.4 is 16.6 Å². The molecule has 0 aliphatic heterocycles. The highest BCUT2D eigenvalue weighted by Crippen LogP contribution is 2.17. The lowest BCUT2D eigenvalue weighted by molar-refractivity contribution is 0.613. The molecule has 4 N–H and O–H groups in total. The summed E-state index contributed by atoms with van der Waals surface area (Å²) in [7, 11) is 0. The molecule has 5 nitrogen and oxygen atoms in total. The summed E-state index contributed by atoms with van der Waals surface area (Å²) in [5.41, 5.74) is 3.09. The maximum atomic E-state index is 13.5. The summed E-state index contributed by atoms with van der Waals surface area (Å²) in [6.07, 6.45) is 0. The van der Waals surface area contributed by atoms with E-state index in [2.05, 4.69) is 20.7 Å². The number of nitrogens with two attached hydrogens (primary N) is 1. The average molecular weight is 275 g/mol. The number of aromatic nitrogens is 2. The van der Waals surface area contributed by atoms with Gasteiger partial charge >= 0.3 is 0 Å². The largest absolute Gasteiger partial charge is 0.366 e. The molecule has 0 unspecified atom stereocenters. The second kappa shape index (κ2) is 6.29. The Balaban J connectivity index is 2.17. The molecule has 2 aromatic rings.